The van der Waals surface area contributed by atoms with Gasteiger partial charge < -0.3 is 0 Å². The molecule has 0 atom stereocenters. The average Bonchev–Trinajstić information content (AvgIpc) is 3.73. The van der Waals surface area contributed by atoms with Gasteiger partial charge in [0.2, 0.25) is 0 Å². The first kappa shape index (κ1) is 32.0. The van der Waals surface area contributed by atoms with Gasteiger partial charge in [-0.1, -0.05) is 74.5 Å². The summed E-state index contributed by atoms with van der Waals surface area (Å²) in [4.78, 5) is 23.0. The Labute approximate surface area is 289 Å². The van der Waals surface area contributed by atoms with Crippen LogP contribution in [0.1, 0.15) is 84.4 Å². The molecule has 2 aliphatic rings. The van der Waals surface area contributed by atoms with Gasteiger partial charge in [-0.2, -0.15) is 10.2 Å². The molecule has 48 heavy (non-hydrogen) atoms. The number of thiophene rings is 2. The van der Waals surface area contributed by atoms with Crippen molar-refractivity contribution in [3.63, 3.8) is 0 Å². The Balaban J connectivity index is 0.000000161. The number of aromatic nitrogens is 4. The van der Waals surface area contributed by atoms with Crippen molar-refractivity contribution in [3.05, 3.63) is 105 Å². The van der Waals surface area contributed by atoms with Crippen LogP contribution in [0.5, 0.6) is 0 Å². The Bertz CT molecular complexity index is 2020. The molecule has 0 unspecified atom stereocenters. The molecule has 10 heteroatoms. The molecular weight excluding hydrogens is 633 g/mol. The summed E-state index contributed by atoms with van der Waals surface area (Å²) in [6.07, 6.45) is 14.9. The lowest BCUT2D eigenvalue weighted by Gasteiger charge is -2.12. The number of hydrogen-bond acceptors (Lipinski definition) is 10. The molecule has 8 rings (SSSR count). The summed E-state index contributed by atoms with van der Waals surface area (Å²) in [6.45, 7) is 4.26. The molecule has 2 aromatic carbocycles. The summed E-state index contributed by atoms with van der Waals surface area (Å²) in [5, 5.41) is 11.6. The Morgan fingerprint density at radius 1 is 0.604 bits per heavy atom. The molecule has 6 aromatic rings. The molecule has 0 amide bonds. The maximum atomic E-state index is 4.79. The molecule has 0 saturated heterocycles. The smallest absolute Gasteiger partial charge is 0.158 e. The van der Waals surface area contributed by atoms with E-state index in [2.05, 4.69) is 74.0 Å². The molecule has 2 N–H and O–H groups in total. The van der Waals surface area contributed by atoms with Crippen LogP contribution in [0, 0.1) is 0 Å². The molecule has 0 radical (unpaired) electrons. The lowest BCUT2D eigenvalue weighted by molar-refractivity contribution is 0.700. The highest BCUT2D eigenvalue weighted by molar-refractivity contribution is 7.19. The molecule has 244 valence electrons. The first-order valence-electron chi connectivity index (χ1n) is 17.0. The Morgan fingerprint density at radius 2 is 1.06 bits per heavy atom. The highest BCUT2D eigenvalue weighted by Gasteiger charge is 2.21. The zero-order chi connectivity index (χ0) is 32.7. The third kappa shape index (κ3) is 6.86. The maximum absolute atomic E-state index is 4.79. The van der Waals surface area contributed by atoms with Crippen LogP contribution in [0.2, 0.25) is 0 Å². The standard InChI is InChI=1S/C23H20N4S.C15H20N4S/c1-3-9-16(10-4-1)21(17-11-5-2-6-12-17)26-27-22-20-18-13-7-8-14-19(18)28-23(20)25-15-24-22;1-3-10(4-2)18-19-14-13-11-7-5-6-8-12(11)20-15(13)17-9-16-14/h1-6,9-12,15H,7-8,13-14H2,(H,24,25,27);9H,3-8H2,1-2H3,(H,16,17,19). The zero-order valence-corrected chi connectivity index (χ0v) is 29.1. The van der Waals surface area contributed by atoms with Crippen molar-refractivity contribution in [2.75, 3.05) is 10.9 Å². The molecule has 0 fully saturated rings. The first-order valence-corrected chi connectivity index (χ1v) is 18.6. The van der Waals surface area contributed by atoms with E-state index in [9.17, 15) is 0 Å². The first-order chi connectivity index (χ1) is 23.7. The molecule has 0 bridgehead atoms. The summed E-state index contributed by atoms with van der Waals surface area (Å²) in [7, 11) is 0. The molecular formula is C38H40N8S2. The van der Waals surface area contributed by atoms with E-state index in [1.807, 2.05) is 47.7 Å². The second-order valence-electron chi connectivity index (χ2n) is 12.0. The Kier molecular flexibility index (Phi) is 10.1. The van der Waals surface area contributed by atoms with E-state index in [0.717, 1.165) is 75.6 Å². The number of nitrogens with one attached hydrogen (secondary N) is 2. The van der Waals surface area contributed by atoms with Crippen LogP contribution in [-0.4, -0.2) is 31.4 Å². The van der Waals surface area contributed by atoms with Gasteiger partial charge in [-0.3, -0.25) is 10.9 Å². The fourth-order valence-corrected chi connectivity index (χ4v) is 8.94. The van der Waals surface area contributed by atoms with E-state index in [0.29, 0.717) is 0 Å². The van der Waals surface area contributed by atoms with E-state index in [4.69, 9.17) is 5.10 Å². The van der Waals surface area contributed by atoms with E-state index < -0.39 is 0 Å². The van der Waals surface area contributed by atoms with E-state index in [1.54, 1.807) is 24.0 Å². The third-order valence-electron chi connectivity index (χ3n) is 9.01. The summed E-state index contributed by atoms with van der Waals surface area (Å²) in [5.41, 5.74) is 13.5. The summed E-state index contributed by atoms with van der Waals surface area (Å²) >= 11 is 3.62. The van der Waals surface area contributed by atoms with Crippen molar-refractivity contribution >= 4 is 66.2 Å². The molecule has 0 saturated carbocycles. The van der Waals surface area contributed by atoms with Crippen LogP contribution in [0.25, 0.3) is 20.4 Å². The SMILES string of the molecule is CCC(CC)=NNc1ncnc2sc3c(c12)CCCC3.c1ccc(C(=NNc2ncnc3sc4c(c23)CCCC4)c2ccccc2)cc1. The summed E-state index contributed by atoms with van der Waals surface area (Å²) in [5.74, 6) is 1.67. The number of rotatable bonds is 8. The summed E-state index contributed by atoms with van der Waals surface area (Å²) in [6, 6.07) is 20.5. The minimum atomic E-state index is 0.800. The van der Waals surface area contributed by atoms with Crippen molar-refractivity contribution in [1.82, 2.24) is 19.9 Å². The van der Waals surface area contributed by atoms with Gasteiger partial charge in [0.15, 0.2) is 11.6 Å². The number of hydrogen-bond donors (Lipinski definition) is 2. The number of anilines is 2. The van der Waals surface area contributed by atoms with Gasteiger partial charge in [-0.05, 0) is 75.3 Å². The van der Waals surface area contributed by atoms with Crippen LogP contribution >= 0.6 is 22.7 Å². The second-order valence-corrected chi connectivity index (χ2v) is 14.2. The van der Waals surface area contributed by atoms with Gasteiger partial charge in [0.25, 0.3) is 0 Å². The number of hydrazone groups is 2. The Morgan fingerprint density at radius 3 is 1.54 bits per heavy atom. The third-order valence-corrected chi connectivity index (χ3v) is 11.4. The van der Waals surface area contributed by atoms with Crippen molar-refractivity contribution in [1.29, 1.82) is 0 Å². The largest absolute Gasteiger partial charge is 0.261 e. The Hall–Kier alpha value is -4.54. The summed E-state index contributed by atoms with van der Waals surface area (Å²) < 4.78 is 0. The predicted molar refractivity (Wildman–Crippen MR) is 202 cm³/mol. The van der Waals surface area contributed by atoms with Crippen LogP contribution in [-0.2, 0) is 25.7 Å². The predicted octanol–water partition coefficient (Wildman–Crippen LogP) is 9.59. The number of fused-ring (bicyclic) bond motifs is 6. The minimum absolute atomic E-state index is 0.800. The zero-order valence-electron chi connectivity index (χ0n) is 27.5. The van der Waals surface area contributed by atoms with E-state index >= 15 is 0 Å². The minimum Gasteiger partial charge on any atom is -0.261 e. The van der Waals surface area contributed by atoms with Crippen LogP contribution in [0.4, 0.5) is 11.6 Å². The monoisotopic (exact) mass is 672 g/mol. The van der Waals surface area contributed by atoms with Crippen LogP contribution in [0.3, 0.4) is 0 Å². The normalized spacial score (nSPS) is 13.5. The highest BCUT2D eigenvalue weighted by Crippen LogP contribution is 2.39. The molecule has 2 aliphatic carbocycles. The van der Waals surface area contributed by atoms with Crippen molar-refractivity contribution < 1.29 is 0 Å². The second kappa shape index (κ2) is 15.1. The molecule has 0 aliphatic heterocycles. The van der Waals surface area contributed by atoms with Crippen molar-refractivity contribution in [2.45, 2.75) is 78.1 Å². The molecule has 8 nitrogen and oxygen atoms in total. The van der Waals surface area contributed by atoms with Gasteiger partial charge in [0, 0.05) is 26.6 Å². The van der Waals surface area contributed by atoms with Crippen LogP contribution in [0.15, 0.2) is 83.5 Å². The van der Waals surface area contributed by atoms with Gasteiger partial charge in [-0.25, -0.2) is 19.9 Å². The lowest BCUT2D eigenvalue weighted by Crippen LogP contribution is -2.07. The van der Waals surface area contributed by atoms with Gasteiger partial charge >= 0.3 is 0 Å². The lowest BCUT2D eigenvalue weighted by atomic mass is 9.97. The highest BCUT2D eigenvalue weighted by atomic mass is 32.1. The molecule has 4 aromatic heterocycles. The molecule has 4 heterocycles. The number of benzene rings is 2. The van der Waals surface area contributed by atoms with Gasteiger partial charge in [0.05, 0.1) is 16.5 Å². The van der Waals surface area contributed by atoms with E-state index in [-0.39, 0.29) is 0 Å². The van der Waals surface area contributed by atoms with Crippen molar-refractivity contribution in [3.8, 4) is 0 Å². The quantitative estimate of drug-likeness (QED) is 0.123. The van der Waals surface area contributed by atoms with Crippen molar-refractivity contribution in [2.24, 2.45) is 10.2 Å². The van der Waals surface area contributed by atoms with Gasteiger partial charge in [0.1, 0.15) is 22.3 Å². The topological polar surface area (TPSA) is 100 Å². The molecule has 0 spiro atoms. The van der Waals surface area contributed by atoms with Gasteiger partial charge in [-0.15, -0.1) is 22.7 Å². The number of aryl methyl sites for hydroxylation is 4. The van der Waals surface area contributed by atoms with E-state index in [1.165, 1.54) is 64.1 Å². The fraction of sp³-hybridized carbons (Fsp3) is 0.316. The maximum Gasteiger partial charge on any atom is 0.158 e. The average molecular weight is 673 g/mol. The van der Waals surface area contributed by atoms with Crippen LogP contribution < -0.4 is 10.9 Å². The number of nitrogens with zero attached hydrogens (tertiary/aromatic N) is 6. The fourth-order valence-electron chi connectivity index (χ4n) is 6.49.